The van der Waals surface area contributed by atoms with E-state index in [-0.39, 0.29) is 24.9 Å². The number of esters is 1. The van der Waals surface area contributed by atoms with Crippen molar-refractivity contribution in [2.75, 3.05) is 0 Å². The molecule has 4 nitrogen and oxygen atoms in total. The van der Waals surface area contributed by atoms with Crippen LogP contribution in [0.15, 0.2) is 0 Å². The zero-order valence-electron chi connectivity index (χ0n) is 12.3. The van der Waals surface area contributed by atoms with Crippen molar-refractivity contribution >= 4 is 11.9 Å². The van der Waals surface area contributed by atoms with Gasteiger partial charge in [-0.05, 0) is 19.3 Å². The molecule has 1 unspecified atom stereocenters. The minimum Gasteiger partial charge on any atom is -0.481 e. The van der Waals surface area contributed by atoms with Gasteiger partial charge < -0.3 is 9.84 Å². The van der Waals surface area contributed by atoms with E-state index >= 15 is 0 Å². The smallest absolute Gasteiger partial charge is 0.306 e. The van der Waals surface area contributed by atoms with Crippen LogP contribution in [0.1, 0.15) is 78.1 Å². The number of carboxylic acids is 1. The summed E-state index contributed by atoms with van der Waals surface area (Å²) in [4.78, 5) is 21.9. The summed E-state index contributed by atoms with van der Waals surface area (Å²) in [6, 6.07) is 0. The highest BCUT2D eigenvalue weighted by Crippen LogP contribution is 2.14. The molecule has 0 amide bonds. The molecule has 0 heterocycles. The molecule has 0 aromatic heterocycles. The van der Waals surface area contributed by atoms with Gasteiger partial charge in [-0.1, -0.05) is 46.0 Å². The molecule has 0 radical (unpaired) electrons. The van der Waals surface area contributed by atoms with Crippen LogP contribution < -0.4 is 0 Å². The highest BCUT2D eigenvalue weighted by molar-refractivity contribution is 5.76. The fourth-order valence-corrected chi connectivity index (χ4v) is 2.01. The largest absolute Gasteiger partial charge is 0.481 e. The van der Waals surface area contributed by atoms with Gasteiger partial charge in [0.25, 0.3) is 0 Å². The van der Waals surface area contributed by atoms with Crippen molar-refractivity contribution < 1.29 is 19.4 Å². The van der Waals surface area contributed by atoms with Crippen LogP contribution in [0.4, 0.5) is 0 Å². The zero-order chi connectivity index (χ0) is 14.5. The van der Waals surface area contributed by atoms with Crippen LogP contribution in [0.3, 0.4) is 0 Å². The Hall–Kier alpha value is -1.06. The maximum Gasteiger partial charge on any atom is 0.306 e. The fraction of sp³-hybridized carbons (Fsp3) is 0.867. The number of carbonyl (C=O) groups is 2. The first-order valence-corrected chi connectivity index (χ1v) is 7.51. The summed E-state index contributed by atoms with van der Waals surface area (Å²) in [7, 11) is 0. The van der Waals surface area contributed by atoms with Crippen LogP contribution in [0.5, 0.6) is 0 Å². The average Bonchev–Trinajstić information content (AvgIpc) is 2.36. The maximum atomic E-state index is 11.5. The number of hydrogen-bond acceptors (Lipinski definition) is 3. The SMILES string of the molecule is CCCCCCCC(CCC)OC(=O)CCC(=O)O. The van der Waals surface area contributed by atoms with Gasteiger partial charge in [-0.3, -0.25) is 9.59 Å². The van der Waals surface area contributed by atoms with Crippen molar-refractivity contribution in [3.05, 3.63) is 0 Å². The quantitative estimate of drug-likeness (QED) is 0.432. The minimum absolute atomic E-state index is 0.0224. The monoisotopic (exact) mass is 272 g/mol. The summed E-state index contributed by atoms with van der Waals surface area (Å²) in [5, 5.41) is 8.52. The van der Waals surface area contributed by atoms with E-state index in [9.17, 15) is 9.59 Å². The molecule has 0 aliphatic rings. The molecule has 0 bridgehead atoms. The van der Waals surface area contributed by atoms with E-state index in [0.717, 1.165) is 25.7 Å². The van der Waals surface area contributed by atoms with Crippen molar-refractivity contribution in [2.24, 2.45) is 0 Å². The molecule has 0 saturated heterocycles. The molecule has 4 heteroatoms. The van der Waals surface area contributed by atoms with E-state index in [0.29, 0.717) is 0 Å². The van der Waals surface area contributed by atoms with Crippen molar-refractivity contribution in [3.8, 4) is 0 Å². The Balaban J connectivity index is 3.83. The second kappa shape index (κ2) is 12.0. The molecule has 0 fully saturated rings. The molecule has 0 saturated carbocycles. The highest BCUT2D eigenvalue weighted by atomic mass is 16.5. The summed E-state index contributed by atoms with van der Waals surface area (Å²) in [5.74, 6) is -1.34. The molecule has 1 atom stereocenters. The van der Waals surface area contributed by atoms with Crippen LogP contribution in [0.2, 0.25) is 0 Å². The van der Waals surface area contributed by atoms with Gasteiger partial charge in [-0.25, -0.2) is 0 Å². The highest BCUT2D eigenvalue weighted by Gasteiger charge is 2.14. The Morgan fingerprint density at radius 2 is 1.63 bits per heavy atom. The van der Waals surface area contributed by atoms with Crippen molar-refractivity contribution in [2.45, 2.75) is 84.2 Å². The maximum absolute atomic E-state index is 11.5. The topological polar surface area (TPSA) is 63.6 Å². The summed E-state index contributed by atoms with van der Waals surface area (Å²) < 4.78 is 5.35. The summed E-state index contributed by atoms with van der Waals surface area (Å²) in [6.07, 6.45) is 8.53. The zero-order valence-corrected chi connectivity index (χ0v) is 12.3. The second-order valence-corrected chi connectivity index (χ2v) is 5.00. The second-order valence-electron chi connectivity index (χ2n) is 5.00. The molecular weight excluding hydrogens is 244 g/mol. The van der Waals surface area contributed by atoms with E-state index in [2.05, 4.69) is 13.8 Å². The van der Waals surface area contributed by atoms with E-state index in [1.165, 1.54) is 25.7 Å². The lowest BCUT2D eigenvalue weighted by atomic mass is 10.0. The predicted molar refractivity (Wildman–Crippen MR) is 75.0 cm³/mol. The van der Waals surface area contributed by atoms with Crippen LogP contribution in [0, 0.1) is 0 Å². The molecule has 112 valence electrons. The number of aliphatic carboxylic acids is 1. The third kappa shape index (κ3) is 11.7. The van der Waals surface area contributed by atoms with Gasteiger partial charge in [0.15, 0.2) is 0 Å². The summed E-state index contributed by atoms with van der Waals surface area (Å²) in [5.41, 5.74) is 0. The first-order chi connectivity index (χ1) is 9.10. The molecule has 0 aliphatic heterocycles. The lowest BCUT2D eigenvalue weighted by molar-refractivity contribution is -0.152. The number of carboxylic acid groups (broad SMARTS) is 1. The molecule has 0 aromatic carbocycles. The van der Waals surface area contributed by atoms with Gasteiger partial charge in [-0.2, -0.15) is 0 Å². The Morgan fingerprint density at radius 1 is 0.947 bits per heavy atom. The lowest BCUT2D eigenvalue weighted by Crippen LogP contribution is -2.18. The molecule has 0 rings (SSSR count). The number of rotatable bonds is 12. The number of unbranched alkanes of at least 4 members (excludes halogenated alkanes) is 4. The molecule has 0 aromatic rings. The Labute approximate surface area is 116 Å². The van der Waals surface area contributed by atoms with E-state index in [1.54, 1.807) is 0 Å². The van der Waals surface area contributed by atoms with Gasteiger partial charge in [0.2, 0.25) is 0 Å². The van der Waals surface area contributed by atoms with Crippen molar-refractivity contribution in [3.63, 3.8) is 0 Å². The van der Waals surface area contributed by atoms with Crippen LogP contribution in [-0.4, -0.2) is 23.1 Å². The molecular formula is C15H28O4. The fourth-order valence-electron chi connectivity index (χ4n) is 2.01. The number of hydrogen-bond donors (Lipinski definition) is 1. The molecule has 19 heavy (non-hydrogen) atoms. The van der Waals surface area contributed by atoms with Gasteiger partial charge in [-0.15, -0.1) is 0 Å². The Kier molecular flexibility index (Phi) is 11.3. The Morgan fingerprint density at radius 3 is 2.21 bits per heavy atom. The van der Waals surface area contributed by atoms with E-state index in [1.807, 2.05) is 0 Å². The predicted octanol–water partition coefficient (Wildman–Crippen LogP) is 3.92. The Bertz CT molecular complexity index is 251. The standard InChI is InChI=1S/C15H28O4/c1-3-5-6-7-8-10-13(9-4-2)19-15(18)12-11-14(16)17/h13H,3-12H2,1-2H3,(H,16,17). The molecule has 0 spiro atoms. The average molecular weight is 272 g/mol. The first kappa shape index (κ1) is 17.9. The number of carbonyl (C=O) groups excluding carboxylic acids is 1. The van der Waals surface area contributed by atoms with Crippen LogP contribution in [0.25, 0.3) is 0 Å². The number of ether oxygens (including phenoxy) is 1. The van der Waals surface area contributed by atoms with Crippen LogP contribution >= 0.6 is 0 Å². The van der Waals surface area contributed by atoms with Gasteiger partial charge >= 0.3 is 11.9 Å². The molecule has 0 aliphatic carbocycles. The third-order valence-corrected chi connectivity index (χ3v) is 3.08. The van der Waals surface area contributed by atoms with E-state index in [4.69, 9.17) is 9.84 Å². The summed E-state index contributed by atoms with van der Waals surface area (Å²) >= 11 is 0. The molecule has 1 N–H and O–H groups in total. The van der Waals surface area contributed by atoms with Gasteiger partial charge in [0, 0.05) is 0 Å². The van der Waals surface area contributed by atoms with Crippen molar-refractivity contribution in [1.82, 2.24) is 0 Å². The third-order valence-electron chi connectivity index (χ3n) is 3.08. The normalized spacial score (nSPS) is 12.1. The lowest BCUT2D eigenvalue weighted by Gasteiger charge is -2.17. The van der Waals surface area contributed by atoms with Gasteiger partial charge in [0.1, 0.15) is 6.10 Å². The van der Waals surface area contributed by atoms with Crippen LogP contribution in [-0.2, 0) is 14.3 Å². The van der Waals surface area contributed by atoms with E-state index < -0.39 is 5.97 Å². The van der Waals surface area contributed by atoms with Crippen molar-refractivity contribution in [1.29, 1.82) is 0 Å². The minimum atomic E-state index is -0.955. The van der Waals surface area contributed by atoms with Gasteiger partial charge in [0.05, 0.1) is 12.8 Å². The first-order valence-electron chi connectivity index (χ1n) is 7.51. The summed E-state index contributed by atoms with van der Waals surface area (Å²) in [6.45, 7) is 4.25.